The lowest BCUT2D eigenvalue weighted by molar-refractivity contribution is -0.112. The maximum atomic E-state index is 12.8. The maximum Gasteiger partial charge on any atom is 0.266 e. The smallest absolute Gasteiger partial charge is 0.266 e. The summed E-state index contributed by atoms with van der Waals surface area (Å²) in [5.74, 6) is 0.0882. The van der Waals surface area contributed by atoms with Gasteiger partial charge < -0.3 is 10.1 Å². The molecule has 0 saturated heterocycles. The van der Waals surface area contributed by atoms with Gasteiger partial charge in [0.15, 0.2) is 0 Å². The van der Waals surface area contributed by atoms with E-state index in [1.54, 1.807) is 24.3 Å². The Labute approximate surface area is 195 Å². The molecule has 0 radical (unpaired) electrons. The molecule has 0 unspecified atom stereocenters. The molecule has 3 aromatic carbocycles. The third kappa shape index (κ3) is 6.21. The fourth-order valence-corrected chi connectivity index (χ4v) is 3.37. The van der Waals surface area contributed by atoms with Crippen LogP contribution >= 0.6 is 27.5 Å². The van der Waals surface area contributed by atoms with Gasteiger partial charge in [0, 0.05) is 20.7 Å². The van der Waals surface area contributed by atoms with E-state index in [2.05, 4.69) is 21.2 Å². The van der Waals surface area contributed by atoms with Crippen LogP contribution in [-0.2, 0) is 11.4 Å². The molecular weight excluding hydrogens is 476 g/mol. The minimum absolute atomic E-state index is 0.0182. The van der Waals surface area contributed by atoms with E-state index >= 15 is 0 Å². The van der Waals surface area contributed by atoms with E-state index < -0.39 is 5.91 Å². The largest absolute Gasteiger partial charge is 0.488 e. The third-order valence-corrected chi connectivity index (χ3v) is 5.33. The second-order valence-electron chi connectivity index (χ2n) is 7.04. The SMILES string of the molecule is Cc1ccc(C)c(NC(=O)/C(C#N)=C/c2cc(Br)ccc2OCc2ccc(Cl)cc2)c1. The molecule has 6 heteroatoms. The van der Waals surface area contributed by atoms with Gasteiger partial charge in [-0.25, -0.2) is 0 Å². The molecule has 0 aliphatic rings. The summed E-state index contributed by atoms with van der Waals surface area (Å²) in [4.78, 5) is 12.8. The Morgan fingerprint density at radius 1 is 1.13 bits per heavy atom. The Hall–Kier alpha value is -3.07. The van der Waals surface area contributed by atoms with Gasteiger partial charge in [0.05, 0.1) is 0 Å². The Balaban J connectivity index is 1.84. The Morgan fingerprint density at radius 3 is 2.58 bits per heavy atom. The van der Waals surface area contributed by atoms with Crippen LogP contribution in [0.5, 0.6) is 5.75 Å². The lowest BCUT2D eigenvalue weighted by Crippen LogP contribution is -2.14. The monoisotopic (exact) mass is 494 g/mol. The highest BCUT2D eigenvalue weighted by Crippen LogP contribution is 2.27. The molecule has 0 aliphatic carbocycles. The molecular formula is C25H20BrClN2O2. The molecule has 0 fully saturated rings. The van der Waals surface area contributed by atoms with E-state index in [-0.39, 0.29) is 5.57 Å². The van der Waals surface area contributed by atoms with E-state index in [0.29, 0.717) is 28.6 Å². The topological polar surface area (TPSA) is 62.1 Å². The number of carbonyl (C=O) groups is 1. The maximum absolute atomic E-state index is 12.8. The molecule has 0 heterocycles. The van der Waals surface area contributed by atoms with Gasteiger partial charge in [-0.1, -0.05) is 51.8 Å². The highest BCUT2D eigenvalue weighted by Gasteiger charge is 2.13. The number of halogens is 2. The van der Waals surface area contributed by atoms with Crippen LogP contribution < -0.4 is 10.1 Å². The van der Waals surface area contributed by atoms with Crippen LogP contribution in [0.3, 0.4) is 0 Å². The van der Waals surface area contributed by atoms with Crippen molar-refractivity contribution in [1.29, 1.82) is 5.26 Å². The van der Waals surface area contributed by atoms with Crippen LogP contribution in [0.4, 0.5) is 5.69 Å². The summed E-state index contributed by atoms with van der Waals surface area (Å²) in [6.45, 7) is 4.18. The number of benzene rings is 3. The van der Waals surface area contributed by atoms with Gasteiger partial charge in [-0.05, 0) is 73.0 Å². The number of hydrogen-bond donors (Lipinski definition) is 1. The summed E-state index contributed by atoms with van der Waals surface area (Å²) in [7, 11) is 0. The number of anilines is 1. The van der Waals surface area contributed by atoms with Gasteiger partial charge in [-0.15, -0.1) is 0 Å². The van der Waals surface area contributed by atoms with E-state index in [1.165, 1.54) is 6.08 Å². The van der Waals surface area contributed by atoms with Crippen LogP contribution in [0.15, 0.2) is 70.7 Å². The number of nitrogens with one attached hydrogen (secondary N) is 1. The van der Waals surface area contributed by atoms with E-state index in [4.69, 9.17) is 16.3 Å². The first-order valence-electron chi connectivity index (χ1n) is 9.53. The Kier molecular flexibility index (Phi) is 7.51. The predicted molar refractivity (Wildman–Crippen MR) is 128 cm³/mol. The third-order valence-electron chi connectivity index (χ3n) is 4.59. The summed E-state index contributed by atoms with van der Waals surface area (Å²) >= 11 is 9.37. The molecule has 1 N–H and O–H groups in total. The summed E-state index contributed by atoms with van der Waals surface area (Å²) in [5, 5.41) is 13.1. The quantitative estimate of drug-likeness (QED) is 0.301. The zero-order valence-corrected chi connectivity index (χ0v) is 19.4. The molecule has 4 nitrogen and oxygen atoms in total. The van der Waals surface area contributed by atoms with E-state index in [1.807, 2.05) is 56.3 Å². The zero-order chi connectivity index (χ0) is 22.4. The van der Waals surface area contributed by atoms with Crippen LogP contribution in [0.25, 0.3) is 6.08 Å². The predicted octanol–water partition coefficient (Wildman–Crippen LogP) is 6.84. The Morgan fingerprint density at radius 2 is 1.87 bits per heavy atom. The number of rotatable bonds is 6. The van der Waals surface area contributed by atoms with Gasteiger partial charge in [0.2, 0.25) is 0 Å². The van der Waals surface area contributed by atoms with Gasteiger partial charge in [-0.3, -0.25) is 4.79 Å². The van der Waals surface area contributed by atoms with Crippen molar-refractivity contribution in [2.75, 3.05) is 5.32 Å². The van der Waals surface area contributed by atoms with Gasteiger partial charge in [0.25, 0.3) is 5.91 Å². The standard InChI is InChI=1S/C25H20BrClN2O2/c1-16-3-4-17(2)23(11-16)29-25(30)20(14-28)12-19-13-21(26)7-10-24(19)31-15-18-5-8-22(27)9-6-18/h3-13H,15H2,1-2H3,(H,29,30)/b20-12+. The van der Waals surface area contributed by atoms with Crippen molar-refractivity contribution in [3.63, 3.8) is 0 Å². The molecule has 0 aromatic heterocycles. The van der Waals surface area contributed by atoms with Gasteiger partial charge in [-0.2, -0.15) is 5.26 Å². The van der Waals surface area contributed by atoms with Crippen molar-refractivity contribution >= 4 is 45.2 Å². The first-order chi connectivity index (χ1) is 14.9. The fourth-order valence-electron chi connectivity index (χ4n) is 2.87. The summed E-state index contributed by atoms with van der Waals surface area (Å²) in [6.07, 6.45) is 1.53. The van der Waals surface area contributed by atoms with Crippen molar-refractivity contribution in [2.24, 2.45) is 0 Å². The average Bonchev–Trinajstić information content (AvgIpc) is 2.75. The molecule has 0 atom stereocenters. The number of hydrogen-bond acceptors (Lipinski definition) is 3. The number of aryl methyl sites for hydroxylation is 2. The number of carbonyl (C=O) groups excluding carboxylic acids is 1. The molecule has 0 saturated carbocycles. The van der Waals surface area contributed by atoms with Crippen LogP contribution in [0, 0.1) is 25.2 Å². The molecule has 3 rings (SSSR count). The van der Waals surface area contributed by atoms with E-state index in [0.717, 1.165) is 21.2 Å². The first kappa shape index (κ1) is 22.6. The Bertz CT molecular complexity index is 1180. The van der Waals surface area contributed by atoms with Crippen molar-refractivity contribution in [3.05, 3.63) is 98.0 Å². The summed E-state index contributed by atoms with van der Waals surface area (Å²) in [6, 6.07) is 20.6. The minimum atomic E-state index is -0.472. The van der Waals surface area contributed by atoms with Crippen LogP contribution in [-0.4, -0.2) is 5.91 Å². The second-order valence-corrected chi connectivity index (χ2v) is 8.39. The highest BCUT2D eigenvalue weighted by molar-refractivity contribution is 9.10. The normalized spacial score (nSPS) is 11.0. The lowest BCUT2D eigenvalue weighted by atomic mass is 10.1. The van der Waals surface area contributed by atoms with Crippen molar-refractivity contribution in [3.8, 4) is 11.8 Å². The number of nitriles is 1. The van der Waals surface area contributed by atoms with Gasteiger partial charge in [0.1, 0.15) is 24.0 Å². The molecule has 0 aliphatic heterocycles. The molecule has 1 amide bonds. The number of nitrogens with zero attached hydrogens (tertiary/aromatic N) is 1. The van der Waals surface area contributed by atoms with E-state index in [9.17, 15) is 10.1 Å². The summed E-state index contributed by atoms with van der Waals surface area (Å²) < 4.78 is 6.76. The first-order valence-corrected chi connectivity index (χ1v) is 10.7. The van der Waals surface area contributed by atoms with Crippen molar-refractivity contribution < 1.29 is 9.53 Å². The molecule has 0 bridgehead atoms. The minimum Gasteiger partial charge on any atom is -0.488 e. The highest BCUT2D eigenvalue weighted by atomic mass is 79.9. The molecule has 31 heavy (non-hydrogen) atoms. The second kappa shape index (κ2) is 10.3. The van der Waals surface area contributed by atoms with Gasteiger partial charge >= 0.3 is 0 Å². The molecule has 156 valence electrons. The molecule has 0 spiro atoms. The zero-order valence-electron chi connectivity index (χ0n) is 17.1. The molecule has 3 aromatic rings. The van der Waals surface area contributed by atoms with Crippen LogP contribution in [0.1, 0.15) is 22.3 Å². The lowest BCUT2D eigenvalue weighted by Gasteiger charge is -2.11. The van der Waals surface area contributed by atoms with Crippen molar-refractivity contribution in [1.82, 2.24) is 0 Å². The number of amides is 1. The average molecular weight is 496 g/mol. The number of ether oxygens (including phenoxy) is 1. The van der Waals surface area contributed by atoms with Crippen molar-refractivity contribution in [2.45, 2.75) is 20.5 Å². The summed E-state index contributed by atoms with van der Waals surface area (Å²) in [5.41, 5.74) is 4.18. The fraction of sp³-hybridized carbons (Fsp3) is 0.120. The van der Waals surface area contributed by atoms with Crippen LogP contribution in [0.2, 0.25) is 5.02 Å².